The summed E-state index contributed by atoms with van der Waals surface area (Å²) in [6, 6.07) is 14.4. The number of likely N-dealkylation sites (tertiary alicyclic amines) is 1. The lowest BCUT2D eigenvalue weighted by Crippen LogP contribution is -2.53. The fraction of sp³-hybridized carbons (Fsp3) is 0.532. The van der Waals surface area contributed by atoms with E-state index >= 15 is 0 Å². The van der Waals surface area contributed by atoms with Crippen molar-refractivity contribution < 1.29 is 37.1 Å². The Bertz CT molecular complexity index is 2490. The minimum atomic E-state index is -3.65. The Balaban J connectivity index is 0.909. The first kappa shape index (κ1) is 45.3. The molecule has 4 amide bonds. The number of fused-ring (bicyclic) bond motifs is 1. The number of hydrogen-bond acceptors (Lipinski definition) is 11. The lowest BCUT2D eigenvalue weighted by atomic mass is 10.0. The number of unbranched alkanes of at least 4 members (excludes halogenated alkanes) is 3. The largest absolute Gasteiger partial charge is 0.459 e. The van der Waals surface area contributed by atoms with Gasteiger partial charge in [-0.1, -0.05) is 61.4 Å². The second kappa shape index (κ2) is 19.0. The molecule has 4 aromatic rings. The van der Waals surface area contributed by atoms with Crippen molar-refractivity contribution in [3.8, 4) is 27.8 Å². The molecule has 1 saturated heterocycles. The van der Waals surface area contributed by atoms with Gasteiger partial charge in [0.15, 0.2) is 0 Å². The predicted octanol–water partition coefficient (Wildman–Crippen LogP) is 7.42. The van der Waals surface area contributed by atoms with Gasteiger partial charge in [-0.05, 0) is 103 Å². The van der Waals surface area contributed by atoms with Gasteiger partial charge in [0.2, 0.25) is 27.7 Å². The third-order valence-electron chi connectivity index (χ3n) is 13.1. The molecule has 0 spiro atoms. The number of ether oxygens (including phenoxy) is 2. The van der Waals surface area contributed by atoms with Crippen molar-refractivity contribution in [2.24, 2.45) is 17.6 Å². The summed E-state index contributed by atoms with van der Waals surface area (Å²) in [5.74, 6) is -1.83. The third-order valence-corrected chi connectivity index (χ3v) is 16.1. The number of imidazole rings is 1. The quantitative estimate of drug-likeness (QED) is 0.0627. The van der Waals surface area contributed by atoms with Crippen LogP contribution in [0.4, 0.5) is 4.79 Å². The van der Waals surface area contributed by atoms with Crippen LogP contribution in [0.1, 0.15) is 110 Å². The summed E-state index contributed by atoms with van der Waals surface area (Å²) in [5, 5.41) is 5.69. The summed E-state index contributed by atoms with van der Waals surface area (Å²) < 4.78 is 40.7. The molecular weight excluding hydrogens is 855 g/mol. The van der Waals surface area contributed by atoms with Crippen molar-refractivity contribution in [1.29, 1.82) is 0 Å². The molecule has 0 bridgehead atoms. The van der Waals surface area contributed by atoms with E-state index in [9.17, 15) is 27.6 Å². The minimum Gasteiger partial charge on any atom is -0.459 e. The van der Waals surface area contributed by atoms with E-state index < -0.39 is 56.8 Å². The molecule has 8 rings (SSSR count). The van der Waals surface area contributed by atoms with Gasteiger partial charge in [-0.2, -0.15) is 4.98 Å². The summed E-state index contributed by atoms with van der Waals surface area (Å²) in [6.07, 6.45) is 11.2. The Kier molecular flexibility index (Phi) is 13.5. The summed E-state index contributed by atoms with van der Waals surface area (Å²) in [6.45, 7) is 5.81. The monoisotopic (exact) mass is 913 g/mol. The van der Waals surface area contributed by atoms with E-state index in [1.54, 1.807) is 18.3 Å². The maximum Gasteiger partial charge on any atom is 0.408 e. The van der Waals surface area contributed by atoms with Crippen molar-refractivity contribution in [1.82, 2.24) is 29.5 Å². The second-order valence-corrected chi connectivity index (χ2v) is 21.4. The first-order valence-electron chi connectivity index (χ1n) is 22.7. The number of nitrogens with zero attached hydrogens (tertiary/aromatic N) is 4. The third kappa shape index (κ3) is 10.1. The number of nitrogens with one attached hydrogen (secondary N) is 2. The number of aromatic nitrogens is 3. The Morgan fingerprint density at radius 3 is 2.47 bits per heavy atom. The van der Waals surface area contributed by atoms with Crippen LogP contribution >= 0.6 is 11.3 Å². The van der Waals surface area contributed by atoms with E-state index in [2.05, 4.69) is 10.0 Å². The number of thiazole rings is 1. The fourth-order valence-electron chi connectivity index (χ4n) is 8.89. The molecule has 4 fully saturated rings. The maximum absolute atomic E-state index is 14.4. The molecule has 0 radical (unpaired) electrons. The molecule has 4 aliphatic rings. The van der Waals surface area contributed by atoms with Gasteiger partial charge < -0.3 is 25.4 Å². The summed E-state index contributed by atoms with van der Waals surface area (Å²) >= 11 is 1.54. The smallest absolute Gasteiger partial charge is 0.408 e. The lowest BCUT2D eigenvalue weighted by Gasteiger charge is -2.28. The number of carbonyl (C=O) groups is 4. The highest BCUT2D eigenvalue weighted by Crippen LogP contribution is 2.44. The molecule has 1 aliphatic heterocycles. The van der Waals surface area contributed by atoms with Crippen molar-refractivity contribution in [2.75, 3.05) is 6.54 Å². The number of primary amides is 1. The van der Waals surface area contributed by atoms with Crippen molar-refractivity contribution >= 4 is 56.2 Å². The first-order chi connectivity index (χ1) is 30.7. The van der Waals surface area contributed by atoms with Crippen LogP contribution in [0, 0.1) is 11.8 Å². The van der Waals surface area contributed by atoms with Crippen molar-refractivity contribution in [3.05, 3.63) is 66.1 Å². The standard InChI is InChI=1S/C47H59N7O8S2/c1-29(2)54-38-22-14-20-34(43-49-37(28-63-43)30-15-9-7-10-16-30)40(38)51-45(54)61-33-26-39(41(48)55)53(27-33)44(57)36(50-46(58)62-32-18-12-13-19-32)21-11-6-4-5-8-17-31-25-35(31)42(56)52-64(59,60)47(3)23-24-47/h7-10,14-17,20,22,28-29,31-33,35-36,39H,4-6,11-13,18-19,21,23-27H2,1-3H3,(H2,48,55)(H,50,58)(H,52,56). The number of nitrogens with two attached hydrogens (primary N) is 1. The molecule has 15 nitrogen and oxygen atoms in total. The highest BCUT2D eigenvalue weighted by molar-refractivity contribution is 7.91. The molecule has 17 heteroatoms. The molecular formula is C47H59N7O8S2. The molecule has 3 heterocycles. The van der Waals surface area contributed by atoms with Gasteiger partial charge in [0.05, 0.1) is 22.5 Å². The zero-order chi connectivity index (χ0) is 45.2. The molecule has 3 aliphatic carbocycles. The summed E-state index contributed by atoms with van der Waals surface area (Å²) in [5.41, 5.74) is 10.3. The van der Waals surface area contributed by atoms with Crippen LogP contribution in [0.25, 0.3) is 32.9 Å². The second-order valence-electron chi connectivity index (χ2n) is 18.3. The predicted molar refractivity (Wildman–Crippen MR) is 245 cm³/mol. The van der Waals surface area contributed by atoms with Crippen LogP contribution in [-0.2, 0) is 29.1 Å². The number of allylic oxidation sites excluding steroid dienone is 2. The highest BCUT2D eigenvalue weighted by Gasteiger charge is 2.52. The van der Waals surface area contributed by atoms with E-state index in [0.717, 1.165) is 77.8 Å². The van der Waals surface area contributed by atoms with Gasteiger partial charge in [0, 0.05) is 34.9 Å². The molecule has 3 saturated carbocycles. The lowest BCUT2D eigenvalue weighted by molar-refractivity contribution is -0.139. The summed E-state index contributed by atoms with van der Waals surface area (Å²) in [4.78, 5) is 64.5. The molecule has 342 valence electrons. The zero-order valence-electron chi connectivity index (χ0n) is 36.7. The van der Waals surface area contributed by atoms with Crippen LogP contribution in [0.2, 0.25) is 0 Å². The molecule has 2 aromatic carbocycles. The molecule has 5 unspecified atom stereocenters. The Hall–Kier alpha value is -5.29. The Labute approximate surface area is 378 Å². The number of carbonyl (C=O) groups excluding carboxylic acids is 4. The number of sulfonamides is 1. The molecule has 64 heavy (non-hydrogen) atoms. The molecule has 4 N–H and O–H groups in total. The van der Waals surface area contributed by atoms with Gasteiger partial charge in [-0.15, -0.1) is 11.3 Å². The van der Waals surface area contributed by atoms with Gasteiger partial charge in [0.1, 0.15) is 34.8 Å². The van der Waals surface area contributed by atoms with E-state index in [0.29, 0.717) is 38.1 Å². The number of alkyl carbamates (subject to hydrolysis) is 1. The van der Waals surface area contributed by atoms with Gasteiger partial charge >= 0.3 is 6.09 Å². The van der Waals surface area contributed by atoms with E-state index in [1.165, 1.54) is 4.90 Å². The molecule has 5 atom stereocenters. The van der Waals surface area contributed by atoms with E-state index in [1.807, 2.05) is 84.5 Å². The number of benzene rings is 2. The average Bonchev–Trinajstić information content (AvgIpc) is 3.83. The topological polar surface area (TPSA) is 205 Å². The minimum absolute atomic E-state index is 0.0185. The maximum atomic E-state index is 14.4. The average molecular weight is 914 g/mol. The van der Waals surface area contributed by atoms with Crippen LogP contribution in [0.15, 0.2) is 66.1 Å². The Morgan fingerprint density at radius 2 is 1.75 bits per heavy atom. The highest BCUT2D eigenvalue weighted by atomic mass is 32.2. The molecule has 2 aromatic heterocycles. The van der Waals surface area contributed by atoms with Crippen LogP contribution in [0.5, 0.6) is 6.01 Å². The van der Waals surface area contributed by atoms with Crippen molar-refractivity contribution in [3.63, 3.8) is 0 Å². The normalized spacial score (nSPS) is 22.2. The van der Waals surface area contributed by atoms with Crippen LogP contribution < -0.4 is 20.5 Å². The SMILES string of the molecule is CC(C)n1c(OC2CC(C(N)=O)N(C(=O)C(CCCCCC=CC3CC3C(=O)NS(=O)(=O)C3(C)CC3)NC(=O)OC3CCCC3)C2)nc2c(-c3nc(-c4ccccc4)cs3)cccc21. The van der Waals surface area contributed by atoms with Gasteiger partial charge in [-0.3, -0.25) is 23.7 Å². The van der Waals surface area contributed by atoms with Gasteiger partial charge in [-0.25, -0.2) is 18.2 Å². The van der Waals surface area contributed by atoms with Crippen LogP contribution in [0.3, 0.4) is 0 Å². The number of rotatable bonds is 19. The first-order valence-corrected chi connectivity index (χ1v) is 25.1. The van der Waals surface area contributed by atoms with Crippen LogP contribution in [-0.4, -0.2) is 87.3 Å². The van der Waals surface area contributed by atoms with E-state index in [4.69, 9.17) is 25.2 Å². The fourth-order valence-corrected chi connectivity index (χ4v) is 11.0. The Morgan fingerprint density at radius 1 is 0.984 bits per heavy atom. The number of hydrogen-bond donors (Lipinski definition) is 3. The zero-order valence-corrected chi connectivity index (χ0v) is 38.4. The van der Waals surface area contributed by atoms with Gasteiger partial charge in [0.25, 0.3) is 6.01 Å². The summed E-state index contributed by atoms with van der Waals surface area (Å²) in [7, 11) is -3.65. The van der Waals surface area contributed by atoms with E-state index in [-0.39, 0.29) is 36.9 Å². The number of para-hydroxylation sites is 1. The van der Waals surface area contributed by atoms with Crippen molar-refractivity contribution in [2.45, 2.75) is 139 Å². The number of amides is 4.